The maximum absolute atomic E-state index is 6.24. The Bertz CT molecular complexity index is 213. The molecule has 0 aromatic heterocycles. The van der Waals surface area contributed by atoms with Gasteiger partial charge in [-0.25, -0.2) is 0 Å². The van der Waals surface area contributed by atoms with Crippen LogP contribution in [0.4, 0.5) is 0 Å². The van der Waals surface area contributed by atoms with Gasteiger partial charge in [-0.3, -0.25) is 0 Å². The summed E-state index contributed by atoms with van der Waals surface area (Å²) in [5, 5.41) is 0. The topological polar surface area (TPSA) is 35.2 Å². The highest BCUT2D eigenvalue weighted by Gasteiger charge is 2.20. The number of rotatable bonds is 16. The van der Waals surface area contributed by atoms with Crippen LogP contribution in [0.25, 0.3) is 0 Å². The highest BCUT2D eigenvalue weighted by atomic mass is 28.4. The van der Waals surface area contributed by atoms with Crippen LogP contribution in [0.2, 0.25) is 25.2 Å². The van der Waals surface area contributed by atoms with Gasteiger partial charge in [0.05, 0.1) is 0 Å². The standard InChI is InChI=1S/C17H41NOSi2/c1-4-5-6-7-8-9-10-11-12-13-16-20-19-21(2,3)17-14-15-18/h4-18,20H2,1-3H3. The predicted octanol–water partition coefficient (Wildman–Crippen LogP) is 4.98. The van der Waals surface area contributed by atoms with Crippen LogP contribution >= 0.6 is 0 Å². The third kappa shape index (κ3) is 16.6. The van der Waals surface area contributed by atoms with Crippen molar-refractivity contribution in [3.63, 3.8) is 0 Å². The Hall–Kier alpha value is 0.354. The maximum atomic E-state index is 6.24. The van der Waals surface area contributed by atoms with E-state index >= 15 is 0 Å². The highest BCUT2D eigenvalue weighted by molar-refractivity contribution is 6.75. The first kappa shape index (κ1) is 21.4. The zero-order valence-corrected chi connectivity index (χ0v) is 17.5. The molecular weight excluding hydrogens is 290 g/mol. The van der Waals surface area contributed by atoms with Crippen molar-refractivity contribution in [1.82, 2.24) is 0 Å². The average molecular weight is 332 g/mol. The highest BCUT2D eigenvalue weighted by Crippen LogP contribution is 2.14. The lowest BCUT2D eigenvalue weighted by atomic mass is 10.1. The molecule has 0 aliphatic carbocycles. The molecule has 4 heteroatoms. The fourth-order valence-electron chi connectivity index (χ4n) is 2.71. The monoisotopic (exact) mass is 331 g/mol. The van der Waals surface area contributed by atoms with Gasteiger partial charge in [-0.1, -0.05) is 71.1 Å². The Balaban J connectivity index is 3.18. The van der Waals surface area contributed by atoms with Crippen molar-refractivity contribution in [2.45, 2.75) is 103 Å². The predicted molar refractivity (Wildman–Crippen MR) is 102 cm³/mol. The molecule has 0 rings (SSSR count). The van der Waals surface area contributed by atoms with Gasteiger partial charge in [0.25, 0.3) is 0 Å². The minimum absolute atomic E-state index is 0.253. The molecule has 128 valence electrons. The summed E-state index contributed by atoms with van der Waals surface area (Å²) in [5.41, 5.74) is 5.58. The molecule has 0 aromatic carbocycles. The second-order valence-corrected chi connectivity index (χ2v) is 13.3. The molecule has 2 nitrogen and oxygen atoms in total. The smallest absolute Gasteiger partial charge is 0.173 e. The fourth-order valence-corrected chi connectivity index (χ4v) is 7.69. The van der Waals surface area contributed by atoms with Crippen LogP contribution in [0.5, 0.6) is 0 Å². The summed E-state index contributed by atoms with van der Waals surface area (Å²) >= 11 is 0. The number of nitrogens with two attached hydrogens (primary N) is 1. The zero-order valence-electron chi connectivity index (χ0n) is 15.1. The van der Waals surface area contributed by atoms with Crippen molar-refractivity contribution < 1.29 is 4.12 Å². The summed E-state index contributed by atoms with van der Waals surface area (Å²) in [4.78, 5) is 0. The Morgan fingerprint density at radius 2 is 1.33 bits per heavy atom. The molecule has 0 saturated carbocycles. The maximum Gasteiger partial charge on any atom is 0.173 e. The molecule has 0 fully saturated rings. The van der Waals surface area contributed by atoms with Gasteiger partial charge in [-0.2, -0.15) is 0 Å². The van der Waals surface area contributed by atoms with Crippen LogP contribution in [0.1, 0.15) is 77.6 Å². The van der Waals surface area contributed by atoms with E-state index in [0.29, 0.717) is 0 Å². The van der Waals surface area contributed by atoms with E-state index in [2.05, 4.69) is 20.0 Å². The Kier molecular flexibility index (Phi) is 15.5. The van der Waals surface area contributed by atoms with Gasteiger partial charge in [0, 0.05) is 0 Å². The molecule has 0 bridgehead atoms. The number of unbranched alkanes of at least 4 members (excludes halogenated alkanes) is 9. The van der Waals surface area contributed by atoms with Crippen LogP contribution in [-0.4, -0.2) is 24.6 Å². The number of hydrogen-bond donors (Lipinski definition) is 1. The van der Waals surface area contributed by atoms with Crippen molar-refractivity contribution in [1.29, 1.82) is 0 Å². The third-order valence-corrected chi connectivity index (χ3v) is 10.5. The molecule has 0 atom stereocenters. The molecule has 0 unspecified atom stereocenters. The molecule has 21 heavy (non-hydrogen) atoms. The molecule has 0 aliphatic rings. The average Bonchev–Trinajstić information content (AvgIpc) is 2.46. The van der Waals surface area contributed by atoms with E-state index in [1.165, 1.54) is 76.3 Å². The molecule has 2 N–H and O–H groups in total. The summed E-state index contributed by atoms with van der Waals surface area (Å²) in [6, 6.07) is 2.63. The third-order valence-electron chi connectivity index (χ3n) is 4.22. The minimum atomic E-state index is -1.34. The summed E-state index contributed by atoms with van der Waals surface area (Å²) in [6.07, 6.45) is 15.5. The largest absolute Gasteiger partial charge is 0.460 e. The van der Waals surface area contributed by atoms with Gasteiger partial charge in [0.1, 0.15) is 9.76 Å². The van der Waals surface area contributed by atoms with Crippen molar-refractivity contribution >= 4 is 18.1 Å². The summed E-state index contributed by atoms with van der Waals surface area (Å²) < 4.78 is 6.24. The summed E-state index contributed by atoms with van der Waals surface area (Å²) in [5.74, 6) is 0. The van der Waals surface area contributed by atoms with Crippen LogP contribution in [-0.2, 0) is 4.12 Å². The van der Waals surface area contributed by atoms with Crippen molar-refractivity contribution in [2.24, 2.45) is 5.73 Å². The zero-order chi connectivity index (χ0) is 15.8. The molecule has 0 aliphatic heterocycles. The van der Waals surface area contributed by atoms with Gasteiger partial charge < -0.3 is 9.85 Å². The van der Waals surface area contributed by atoms with Crippen LogP contribution in [0.3, 0.4) is 0 Å². The molecule has 0 heterocycles. The molecule has 0 spiro atoms. The van der Waals surface area contributed by atoms with Gasteiger partial charge in [0.2, 0.25) is 0 Å². The van der Waals surface area contributed by atoms with Gasteiger partial charge in [0.15, 0.2) is 8.32 Å². The molecule has 0 radical (unpaired) electrons. The first-order chi connectivity index (χ1) is 10.1. The summed E-state index contributed by atoms with van der Waals surface area (Å²) in [7, 11) is -1.59. The van der Waals surface area contributed by atoms with E-state index in [9.17, 15) is 0 Å². The molecule has 0 aromatic rings. The van der Waals surface area contributed by atoms with Crippen LogP contribution in [0.15, 0.2) is 0 Å². The molecule has 0 saturated heterocycles. The van der Waals surface area contributed by atoms with Crippen molar-refractivity contribution in [3.05, 3.63) is 0 Å². The van der Waals surface area contributed by atoms with Gasteiger partial charge in [-0.05, 0) is 38.1 Å². The molecule has 0 amide bonds. The van der Waals surface area contributed by atoms with E-state index < -0.39 is 8.32 Å². The minimum Gasteiger partial charge on any atom is -0.460 e. The van der Waals surface area contributed by atoms with E-state index in [1.54, 1.807) is 0 Å². The van der Waals surface area contributed by atoms with E-state index in [4.69, 9.17) is 9.85 Å². The molecular formula is C17H41NOSi2. The Labute approximate surface area is 137 Å². The van der Waals surface area contributed by atoms with E-state index in [0.717, 1.165) is 13.0 Å². The van der Waals surface area contributed by atoms with Gasteiger partial charge in [-0.15, -0.1) is 0 Å². The second kappa shape index (κ2) is 15.3. The normalized spacial score (nSPS) is 12.6. The van der Waals surface area contributed by atoms with Gasteiger partial charge >= 0.3 is 0 Å². The lowest BCUT2D eigenvalue weighted by Crippen LogP contribution is -2.32. The Morgan fingerprint density at radius 3 is 1.86 bits per heavy atom. The fraction of sp³-hybridized carbons (Fsp3) is 1.00. The van der Waals surface area contributed by atoms with Crippen LogP contribution in [0, 0.1) is 0 Å². The van der Waals surface area contributed by atoms with E-state index in [-0.39, 0.29) is 9.76 Å². The quantitative estimate of drug-likeness (QED) is 0.320. The SMILES string of the molecule is CCCCCCCCCCCC[SiH2]O[Si](C)(C)CCCN. The first-order valence-corrected chi connectivity index (χ1v) is 14.2. The second-order valence-electron chi connectivity index (χ2n) is 7.04. The van der Waals surface area contributed by atoms with E-state index in [1.807, 2.05) is 0 Å². The lowest BCUT2D eigenvalue weighted by Gasteiger charge is -2.23. The van der Waals surface area contributed by atoms with Crippen molar-refractivity contribution in [2.75, 3.05) is 6.54 Å². The van der Waals surface area contributed by atoms with Crippen molar-refractivity contribution in [3.8, 4) is 0 Å². The lowest BCUT2D eigenvalue weighted by molar-refractivity contribution is 0.551. The Morgan fingerprint density at radius 1 is 0.810 bits per heavy atom. The summed E-state index contributed by atoms with van der Waals surface area (Å²) in [6.45, 7) is 7.82. The number of hydrogen-bond acceptors (Lipinski definition) is 2. The van der Waals surface area contributed by atoms with Crippen LogP contribution < -0.4 is 5.73 Å². The first-order valence-electron chi connectivity index (χ1n) is 9.46.